The van der Waals surface area contributed by atoms with E-state index in [1.807, 2.05) is 45.0 Å². The van der Waals surface area contributed by atoms with Crippen molar-refractivity contribution < 1.29 is 14.3 Å². The second-order valence-corrected chi connectivity index (χ2v) is 8.37. The minimum atomic E-state index is -0.605. The van der Waals surface area contributed by atoms with Crippen LogP contribution in [0.25, 0.3) is 0 Å². The number of carbonyl (C=O) groups excluding carboxylic acids is 2. The number of ether oxygens (including phenoxy) is 1. The van der Waals surface area contributed by atoms with E-state index in [9.17, 15) is 9.59 Å². The molecule has 2 aromatic rings. The molecular weight excluding hydrogens is 435 g/mol. The van der Waals surface area contributed by atoms with Crippen LogP contribution in [0.1, 0.15) is 44.7 Å². The van der Waals surface area contributed by atoms with Crippen molar-refractivity contribution >= 4 is 35.0 Å². The molecule has 168 valence electrons. The van der Waals surface area contributed by atoms with Gasteiger partial charge in [-0.15, -0.1) is 0 Å². The fourth-order valence-electron chi connectivity index (χ4n) is 3.21. The lowest BCUT2D eigenvalue weighted by atomic mass is 10.1. The third kappa shape index (κ3) is 7.15. The highest BCUT2D eigenvalue weighted by Crippen LogP contribution is 2.24. The number of nitrogens with one attached hydrogen (secondary N) is 1. The Labute approximate surface area is 194 Å². The molecule has 0 heterocycles. The third-order valence-electron chi connectivity index (χ3n) is 5.26. The minimum absolute atomic E-state index is 0.0270. The first-order chi connectivity index (χ1) is 14.8. The van der Waals surface area contributed by atoms with Gasteiger partial charge in [0, 0.05) is 22.6 Å². The van der Waals surface area contributed by atoms with Crippen molar-refractivity contribution in [2.24, 2.45) is 0 Å². The Morgan fingerprint density at radius 2 is 1.74 bits per heavy atom. The van der Waals surface area contributed by atoms with Crippen molar-refractivity contribution in [3.05, 3.63) is 63.6 Å². The molecule has 2 amide bonds. The van der Waals surface area contributed by atoms with Gasteiger partial charge in [-0.2, -0.15) is 0 Å². The number of nitrogens with zero attached hydrogens (tertiary/aromatic N) is 1. The van der Waals surface area contributed by atoms with Gasteiger partial charge in [0.25, 0.3) is 0 Å². The highest BCUT2D eigenvalue weighted by Gasteiger charge is 2.29. The van der Waals surface area contributed by atoms with Crippen LogP contribution in [-0.4, -0.2) is 35.9 Å². The molecular formula is C24H30Cl2N2O3. The van der Waals surface area contributed by atoms with E-state index in [0.717, 1.165) is 23.3 Å². The maximum Gasteiger partial charge on any atom is 0.243 e. The molecule has 2 rings (SSSR count). The Bertz CT molecular complexity index is 887. The molecule has 2 atom stereocenters. The smallest absolute Gasteiger partial charge is 0.243 e. The third-order valence-corrected chi connectivity index (χ3v) is 5.84. The van der Waals surface area contributed by atoms with Gasteiger partial charge in [0.05, 0.1) is 13.5 Å². The van der Waals surface area contributed by atoms with Gasteiger partial charge in [0.15, 0.2) is 0 Å². The molecule has 0 bridgehead atoms. The number of halogens is 2. The Kier molecular flexibility index (Phi) is 9.66. The molecule has 0 aliphatic carbocycles. The largest absolute Gasteiger partial charge is 0.497 e. The molecule has 0 saturated heterocycles. The van der Waals surface area contributed by atoms with E-state index < -0.39 is 6.04 Å². The first kappa shape index (κ1) is 25.0. The molecule has 1 N–H and O–H groups in total. The van der Waals surface area contributed by atoms with Gasteiger partial charge in [-0.3, -0.25) is 9.59 Å². The fourth-order valence-corrected chi connectivity index (χ4v) is 3.68. The van der Waals surface area contributed by atoms with Crippen LogP contribution in [0.3, 0.4) is 0 Å². The van der Waals surface area contributed by atoms with Crippen molar-refractivity contribution in [3.63, 3.8) is 0 Å². The van der Waals surface area contributed by atoms with Gasteiger partial charge >= 0.3 is 0 Å². The molecule has 0 aliphatic heterocycles. The normalized spacial score (nSPS) is 12.7. The molecule has 0 saturated carbocycles. The standard InChI is InChI=1S/C24H30Cl2N2O3/c1-5-16(3)27-24(30)22(6-2)28(15-18-9-10-19(25)14-21(18)26)23(29)13-17-7-11-20(31-4)12-8-17/h7-12,14,16,22H,5-6,13,15H2,1-4H3,(H,27,30). The Morgan fingerprint density at radius 1 is 1.06 bits per heavy atom. The molecule has 0 spiro atoms. The summed E-state index contributed by atoms with van der Waals surface area (Å²) < 4.78 is 5.18. The van der Waals surface area contributed by atoms with Crippen LogP contribution in [0.4, 0.5) is 0 Å². The number of hydrogen-bond acceptors (Lipinski definition) is 3. The molecule has 0 aromatic heterocycles. The number of hydrogen-bond donors (Lipinski definition) is 1. The van der Waals surface area contributed by atoms with Crippen LogP contribution >= 0.6 is 23.2 Å². The first-order valence-electron chi connectivity index (χ1n) is 10.5. The van der Waals surface area contributed by atoms with Crippen LogP contribution in [0.15, 0.2) is 42.5 Å². The van der Waals surface area contributed by atoms with Crippen molar-refractivity contribution in [2.45, 2.75) is 58.7 Å². The summed E-state index contributed by atoms with van der Waals surface area (Å²) in [6.45, 7) is 6.07. The molecule has 2 unspecified atom stereocenters. The summed E-state index contributed by atoms with van der Waals surface area (Å²) in [6, 6.07) is 11.9. The van der Waals surface area contributed by atoms with E-state index >= 15 is 0 Å². The zero-order valence-electron chi connectivity index (χ0n) is 18.5. The van der Waals surface area contributed by atoms with Crippen LogP contribution in [0.5, 0.6) is 5.75 Å². The molecule has 5 nitrogen and oxygen atoms in total. The summed E-state index contributed by atoms with van der Waals surface area (Å²) in [5.74, 6) is 0.410. The number of amides is 2. The zero-order valence-corrected chi connectivity index (χ0v) is 20.0. The van der Waals surface area contributed by atoms with Crippen LogP contribution < -0.4 is 10.1 Å². The molecule has 0 aliphatic rings. The summed E-state index contributed by atoms with van der Waals surface area (Å²) in [5, 5.41) is 3.99. The van der Waals surface area contributed by atoms with E-state index in [1.165, 1.54) is 0 Å². The van der Waals surface area contributed by atoms with Crippen molar-refractivity contribution in [3.8, 4) is 5.75 Å². The zero-order chi connectivity index (χ0) is 23.0. The SMILES string of the molecule is CCC(C)NC(=O)C(CC)N(Cc1ccc(Cl)cc1Cl)C(=O)Cc1ccc(OC)cc1. The number of benzene rings is 2. The van der Waals surface area contributed by atoms with E-state index in [4.69, 9.17) is 27.9 Å². The van der Waals surface area contributed by atoms with E-state index in [0.29, 0.717) is 16.5 Å². The van der Waals surface area contributed by atoms with Crippen molar-refractivity contribution in [2.75, 3.05) is 7.11 Å². The molecule has 2 aromatic carbocycles. The monoisotopic (exact) mass is 464 g/mol. The van der Waals surface area contributed by atoms with Gasteiger partial charge in [-0.1, -0.05) is 55.2 Å². The maximum atomic E-state index is 13.4. The summed E-state index contributed by atoms with van der Waals surface area (Å²) in [6.07, 6.45) is 1.47. The van der Waals surface area contributed by atoms with Crippen molar-refractivity contribution in [1.82, 2.24) is 10.2 Å². The second-order valence-electron chi connectivity index (χ2n) is 7.52. The predicted octanol–water partition coefficient (Wildman–Crippen LogP) is 5.27. The van der Waals surface area contributed by atoms with Gasteiger partial charge in [-0.05, 0) is 55.2 Å². The summed E-state index contributed by atoms with van der Waals surface area (Å²) in [7, 11) is 1.60. The average molecular weight is 465 g/mol. The molecule has 0 radical (unpaired) electrons. The molecule has 0 fully saturated rings. The summed E-state index contributed by atoms with van der Waals surface area (Å²) >= 11 is 12.4. The quantitative estimate of drug-likeness (QED) is 0.520. The first-order valence-corrected chi connectivity index (χ1v) is 11.2. The van der Waals surface area contributed by atoms with Gasteiger partial charge in [-0.25, -0.2) is 0 Å². The highest BCUT2D eigenvalue weighted by molar-refractivity contribution is 6.35. The van der Waals surface area contributed by atoms with Gasteiger partial charge in [0.1, 0.15) is 11.8 Å². The number of rotatable bonds is 10. The van der Waals surface area contributed by atoms with Crippen LogP contribution in [0, 0.1) is 0 Å². The molecule has 31 heavy (non-hydrogen) atoms. The lowest BCUT2D eigenvalue weighted by Crippen LogP contribution is -2.51. The Morgan fingerprint density at radius 3 is 2.29 bits per heavy atom. The highest BCUT2D eigenvalue weighted by atomic mass is 35.5. The lowest BCUT2D eigenvalue weighted by molar-refractivity contribution is -0.141. The van der Waals surface area contributed by atoms with Crippen LogP contribution in [-0.2, 0) is 22.6 Å². The topological polar surface area (TPSA) is 58.6 Å². The van der Waals surface area contributed by atoms with Gasteiger partial charge < -0.3 is 15.0 Å². The second kappa shape index (κ2) is 12.0. The number of methoxy groups -OCH3 is 1. The summed E-state index contributed by atoms with van der Waals surface area (Å²) in [5.41, 5.74) is 1.58. The fraction of sp³-hybridized carbons (Fsp3) is 0.417. The summed E-state index contributed by atoms with van der Waals surface area (Å²) in [4.78, 5) is 27.9. The van der Waals surface area contributed by atoms with E-state index in [1.54, 1.807) is 30.2 Å². The van der Waals surface area contributed by atoms with E-state index in [-0.39, 0.29) is 30.8 Å². The van der Waals surface area contributed by atoms with Crippen molar-refractivity contribution in [1.29, 1.82) is 0 Å². The van der Waals surface area contributed by atoms with Crippen LogP contribution in [0.2, 0.25) is 10.0 Å². The average Bonchev–Trinajstić information content (AvgIpc) is 2.75. The van der Waals surface area contributed by atoms with Gasteiger partial charge in [0.2, 0.25) is 11.8 Å². The minimum Gasteiger partial charge on any atom is -0.497 e. The van der Waals surface area contributed by atoms with E-state index in [2.05, 4.69) is 5.32 Å². The lowest BCUT2D eigenvalue weighted by Gasteiger charge is -2.32. The Balaban J connectivity index is 2.32. The molecule has 7 heteroatoms. The number of carbonyl (C=O) groups is 2. The maximum absolute atomic E-state index is 13.4. The predicted molar refractivity (Wildman–Crippen MR) is 126 cm³/mol. The Hall–Kier alpha value is -2.24.